The maximum Gasteiger partial charge on any atom is 0.0548 e. The third kappa shape index (κ3) is 2.23. The zero-order valence-electron chi connectivity index (χ0n) is 15.4. The van der Waals surface area contributed by atoms with Gasteiger partial charge in [-0.25, -0.2) is 0 Å². The maximum absolute atomic E-state index is 2.78. The van der Waals surface area contributed by atoms with Crippen LogP contribution in [0.5, 0.6) is 0 Å². The lowest BCUT2D eigenvalue weighted by atomic mass is 9.85. The maximum atomic E-state index is 2.78. The summed E-state index contributed by atoms with van der Waals surface area (Å²) in [5.74, 6) is 3.50. The summed E-state index contributed by atoms with van der Waals surface area (Å²) in [5.41, 5.74) is 5.52. The van der Waals surface area contributed by atoms with Gasteiger partial charge in [-0.05, 0) is 78.0 Å². The largest absolute Gasteiger partial charge is 0.0808 e. The Hall–Kier alpha value is -0.823. The average Bonchev–Trinajstić information content (AvgIpc) is 3.29. The van der Waals surface area contributed by atoms with Gasteiger partial charge >= 0.3 is 0 Å². The second-order valence-corrected chi connectivity index (χ2v) is 14.8. The summed E-state index contributed by atoms with van der Waals surface area (Å²) in [7, 11) is -1.26. The SMILES string of the molecule is C[Si](C)(C1CCC2C=CC=CC21)C1CCC2C=C3CCCC3=CC21. The van der Waals surface area contributed by atoms with Crippen molar-refractivity contribution in [3.8, 4) is 0 Å². The molecule has 5 aliphatic carbocycles. The van der Waals surface area contributed by atoms with Crippen LogP contribution in [0.15, 0.2) is 47.6 Å². The van der Waals surface area contributed by atoms with Gasteiger partial charge in [-0.1, -0.05) is 62.4 Å². The molecule has 0 bridgehead atoms. The molecule has 0 aromatic heterocycles. The van der Waals surface area contributed by atoms with E-state index in [-0.39, 0.29) is 0 Å². The number of rotatable bonds is 2. The predicted octanol–water partition coefficient (Wildman–Crippen LogP) is 6.66. The van der Waals surface area contributed by atoms with E-state index in [0.717, 1.165) is 34.8 Å². The molecule has 3 saturated carbocycles. The van der Waals surface area contributed by atoms with E-state index in [9.17, 15) is 0 Å². The molecule has 0 amide bonds. The van der Waals surface area contributed by atoms with Crippen molar-refractivity contribution in [2.75, 3.05) is 0 Å². The minimum Gasteiger partial charge on any atom is -0.0808 e. The van der Waals surface area contributed by atoms with Gasteiger partial charge in [-0.15, -0.1) is 0 Å². The van der Waals surface area contributed by atoms with Crippen molar-refractivity contribution >= 4 is 8.07 Å². The van der Waals surface area contributed by atoms with Crippen LogP contribution in [0.3, 0.4) is 0 Å². The summed E-state index contributed by atoms with van der Waals surface area (Å²) in [6.07, 6.45) is 25.3. The zero-order valence-corrected chi connectivity index (χ0v) is 16.4. The molecule has 0 spiro atoms. The van der Waals surface area contributed by atoms with E-state index in [1.807, 2.05) is 0 Å². The van der Waals surface area contributed by atoms with Gasteiger partial charge in [0.15, 0.2) is 0 Å². The Morgan fingerprint density at radius 2 is 1.42 bits per heavy atom. The van der Waals surface area contributed by atoms with E-state index in [1.54, 1.807) is 11.1 Å². The molecule has 1 heteroatoms. The van der Waals surface area contributed by atoms with Crippen molar-refractivity contribution in [3.63, 3.8) is 0 Å². The number of hydrogen-bond acceptors (Lipinski definition) is 0. The van der Waals surface area contributed by atoms with Crippen molar-refractivity contribution in [1.82, 2.24) is 0 Å². The minimum absolute atomic E-state index is 0.856. The molecule has 0 heterocycles. The first kappa shape index (κ1) is 15.4. The van der Waals surface area contributed by atoms with Gasteiger partial charge in [-0.3, -0.25) is 0 Å². The van der Waals surface area contributed by atoms with Gasteiger partial charge in [0.2, 0.25) is 0 Å². The Morgan fingerprint density at radius 1 is 0.750 bits per heavy atom. The molecule has 0 aliphatic heterocycles. The highest BCUT2D eigenvalue weighted by Crippen LogP contribution is 2.60. The third-order valence-electron chi connectivity index (χ3n) is 8.37. The van der Waals surface area contributed by atoms with Crippen LogP contribution in [-0.2, 0) is 0 Å². The molecule has 3 fully saturated rings. The normalized spacial score (nSPS) is 43.2. The van der Waals surface area contributed by atoms with Gasteiger partial charge in [0, 0.05) is 0 Å². The molecule has 128 valence electrons. The number of fused-ring (bicyclic) bond motifs is 3. The summed E-state index contributed by atoms with van der Waals surface area (Å²) >= 11 is 0. The summed E-state index contributed by atoms with van der Waals surface area (Å²) in [6, 6.07) is 0. The fourth-order valence-corrected chi connectivity index (χ4v) is 12.2. The van der Waals surface area contributed by atoms with Crippen LogP contribution < -0.4 is 0 Å². The van der Waals surface area contributed by atoms with Gasteiger partial charge < -0.3 is 0 Å². The standard InChI is InChI=1S/C23H32Si/c1-24(2,22-12-10-16-6-3-4-9-20(16)22)23-13-11-19-14-17-7-5-8-18(17)15-21(19)23/h3-4,6,9,14-16,19-23H,5,7-8,10-13H2,1-2H3. The van der Waals surface area contributed by atoms with Crippen LogP contribution in [-0.4, -0.2) is 8.07 Å². The van der Waals surface area contributed by atoms with Gasteiger partial charge in [0.05, 0.1) is 8.07 Å². The van der Waals surface area contributed by atoms with Crippen molar-refractivity contribution in [1.29, 1.82) is 0 Å². The fraction of sp³-hybridized carbons (Fsp3) is 0.652. The van der Waals surface area contributed by atoms with E-state index in [1.165, 1.54) is 44.9 Å². The van der Waals surface area contributed by atoms with Crippen LogP contribution in [0.4, 0.5) is 0 Å². The first-order chi connectivity index (χ1) is 11.6. The molecule has 5 rings (SSSR count). The Labute approximate surface area is 148 Å². The van der Waals surface area contributed by atoms with Crippen molar-refractivity contribution in [2.24, 2.45) is 23.7 Å². The van der Waals surface area contributed by atoms with E-state index in [4.69, 9.17) is 0 Å². The van der Waals surface area contributed by atoms with Gasteiger partial charge in [0.25, 0.3) is 0 Å². The first-order valence-electron chi connectivity index (χ1n) is 10.4. The van der Waals surface area contributed by atoms with Crippen LogP contribution >= 0.6 is 0 Å². The second-order valence-electron chi connectivity index (χ2n) is 9.68. The molecule has 0 radical (unpaired) electrons. The zero-order chi connectivity index (χ0) is 16.3. The van der Waals surface area contributed by atoms with Crippen LogP contribution in [0.1, 0.15) is 44.9 Å². The summed E-state index contributed by atoms with van der Waals surface area (Å²) < 4.78 is 0. The van der Waals surface area contributed by atoms with Gasteiger partial charge in [-0.2, -0.15) is 0 Å². The first-order valence-corrected chi connectivity index (χ1v) is 13.6. The summed E-state index contributed by atoms with van der Waals surface area (Å²) in [6.45, 7) is 5.51. The lowest BCUT2D eigenvalue weighted by Gasteiger charge is -2.42. The fourth-order valence-electron chi connectivity index (χ4n) is 7.12. The Bertz CT molecular complexity index is 647. The smallest absolute Gasteiger partial charge is 0.0548 e. The monoisotopic (exact) mass is 336 g/mol. The lowest BCUT2D eigenvalue weighted by Crippen LogP contribution is -2.42. The molecule has 0 N–H and O–H groups in total. The van der Waals surface area contributed by atoms with E-state index < -0.39 is 8.07 Å². The van der Waals surface area contributed by atoms with Crippen LogP contribution in [0.25, 0.3) is 0 Å². The van der Waals surface area contributed by atoms with Crippen LogP contribution in [0.2, 0.25) is 24.2 Å². The second kappa shape index (κ2) is 5.59. The number of allylic oxidation sites excluding steroid dienone is 8. The highest BCUT2D eigenvalue weighted by atomic mass is 28.3. The van der Waals surface area contributed by atoms with Crippen molar-refractivity contribution in [2.45, 2.75) is 69.1 Å². The van der Waals surface area contributed by atoms with Gasteiger partial charge in [0.1, 0.15) is 0 Å². The molecule has 6 atom stereocenters. The van der Waals surface area contributed by atoms with Crippen LogP contribution in [0, 0.1) is 23.7 Å². The van der Waals surface area contributed by atoms with Crippen molar-refractivity contribution in [3.05, 3.63) is 47.6 Å². The predicted molar refractivity (Wildman–Crippen MR) is 106 cm³/mol. The number of hydrogen-bond donors (Lipinski definition) is 0. The summed E-state index contributed by atoms with van der Waals surface area (Å²) in [4.78, 5) is 0. The minimum atomic E-state index is -1.26. The lowest BCUT2D eigenvalue weighted by molar-refractivity contribution is 0.513. The Balaban J connectivity index is 1.43. The molecule has 6 unspecified atom stereocenters. The molecular formula is C23H32Si. The molecule has 0 aromatic carbocycles. The Kier molecular flexibility index (Phi) is 3.60. The average molecular weight is 337 g/mol. The third-order valence-corrected chi connectivity index (χ3v) is 13.5. The molecule has 0 saturated heterocycles. The molecular weight excluding hydrogens is 304 g/mol. The van der Waals surface area contributed by atoms with E-state index >= 15 is 0 Å². The summed E-state index contributed by atoms with van der Waals surface area (Å²) in [5, 5.41) is 0. The molecule has 5 aliphatic rings. The quantitative estimate of drug-likeness (QED) is 0.494. The van der Waals surface area contributed by atoms with E-state index in [0.29, 0.717) is 0 Å². The molecule has 0 nitrogen and oxygen atoms in total. The molecule has 24 heavy (non-hydrogen) atoms. The Morgan fingerprint density at radius 3 is 2.25 bits per heavy atom. The van der Waals surface area contributed by atoms with E-state index in [2.05, 4.69) is 49.6 Å². The molecule has 0 aromatic rings. The highest BCUT2D eigenvalue weighted by Gasteiger charge is 2.52. The van der Waals surface area contributed by atoms with Crippen molar-refractivity contribution < 1.29 is 0 Å². The topological polar surface area (TPSA) is 0 Å². The highest BCUT2D eigenvalue weighted by molar-refractivity contribution is 6.80.